The molecule has 0 aliphatic rings. The van der Waals surface area contributed by atoms with E-state index in [1.165, 1.54) is 0 Å². The van der Waals surface area contributed by atoms with Crippen LogP contribution in [0.15, 0.2) is 72.8 Å². The monoisotopic (exact) mass is 419 g/mol. The second-order valence-electron chi connectivity index (χ2n) is 7.15. The van der Waals surface area contributed by atoms with E-state index in [4.69, 9.17) is 20.3 Å². The normalized spacial score (nSPS) is 10.5. The van der Waals surface area contributed by atoms with Crippen molar-refractivity contribution in [2.24, 2.45) is 5.73 Å². The highest BCUT2D eigenvalue weighted by molar-refractivity contribution is 5.87. The van der Waals surface area contributed by atoms with Gasteiger partial charge in [-0.3, -0.25) is 4.79 Å². The van der Waals surface area contributed by atoms with Crippen molar-refractivity contribution in [2.45, 2.75) is 25.9 Å². The molecule has 0 radical (unpaired) electrons. The number of rotatable bonds is 11. The van der Waals surface area contributed by atoms with Crippen molar-refractivity contribution in [3.05, 3.63) is 95.1 Å². The first-order chi connectivity index (χ1) is 15.0. The molecule has 3 rings (SSSR count). The summed E-state index contributed by atoms with van der Waals surface area (Å²) in [5, 5.41) is 9.01. The fourth-order valence-electron chi connectivity index (χ4n) is 3.17. The van der Waals surface area contributed by atoms with E-state index in [9.17, 15) is 9.59 Å². The molecule has 0 saturated heterocycles. The fourth-order valence-corrected chi connectivity index (χ4v) is 3.17. The average Bonchev–Trinajstić information content (AvgIpc) is 2.78. The van der Waals surface area contributed by atoms with E-state index >= 15 is 0 Å². The van der Waals surface area contributed by atoms with Crippen molar-refractivity contribution in [2.75, 3.05) is 6.61 Å². The van der Waals surface area contributed by atoms with E-state index < -0.39 is 11.9 Å². The smallest absolute Gasteiger partial charge is 0.335 e. The van der Waals surface area contributed by atoms with Gasteiger partial charge in [-0.1, -0.05) is 42.5 Å². The third-order valence-electron chi connectivity index (χ3n) is 4.76. The number of aryl methyl sites for hydroxylation is 2. The maximum Gasteiger partial charge on any atom is 0.335 e. The molecule has 0 aliphatic carbocycles. The van der Waals surface area contributed by atoms with Crippen LogP contribution >= 0.6 is 0 Å². The first-order valence-electron chi connectivity index (χ1n) is 10.0. The van der Waals surface area contributed by atoms with Gasteiger partial charge in [0.05, 0.1) is 5.56 Å². The molecule has 3 aromatic rings. The maximum absolute atomic E-state index is 11.0. The van der Waals surface area contributed by atoms with E-state index in [1.807, 2.05) is 54.6 Å². The number of hydrogen-bond donors (Lipinski definition) is 2. The number of aromatic carboxylic acids is 1. The molecule has 0 spiro atoms. The molecule has 0 aromatic heterocycles. The largest absolute Gasteiger partial charge is 0.489 e. The lowest BCUT2D eigenvalue weighted by atomic mass is 10.0. The molecule has 0 fully saturated rings. The predicted molar refractivity (Wildman–Crippen MR) is 117 cm³/mol. The minimum Gasteiger partial charge on any atom is -0.489 e. The Bertz CT molecular complexity index is 1020. The third kappa shape index (κ3) is 6.89. The van der Waals surface area contributed by atoms with Gasteiger partial charge in [0.1, 0.15) is 18.1 Å². The van der Waals surface area contributed by atoms with Crippen LogP contribution in [0.4, 0.5) is 0 Å². The van der Waals surface area contributed by atoms with Gasteiger partial charge >= 0.3 is 5.97 Å². The topological polar surface area (TPSA) is 98.9 Å². The number of hydrogen-bond acceptors (Lipinski definition) is 4. The van der Waals surface area contributed by atoms with Gasteiger partial charge < -0.3 is 20.3 Å². The van der Waals surface area contributed by atoms with E-state index in [-0.39, 0.29) is 12.2 Å². The minimum absolute atomic E-state index is 0.181. The van der Waals surface area contributed by atoms with Gasteiger partial charge in [0, 0.05) is 0 Å². The number of carboxylic acid groups (broad SMARTS) is 1. The number of carboxylic acids is 1. The first-order valence-corrected chi connectivity index (χ1v) is 10.0. The third-order valence-corrected chi connectivity index (χ3v) is 4.76. The van der Waals surface area contributed by atoms with Gasteiger partial charge in [0.2, 0.25) is 0 Å². The molecule has 0 unspecified atom stereocenters. The zero-order valence-corrected chi connectivity index (χ0v) is 17.1. The standard InChI is InChI=1S/C25H25NO5/c26-24(27)17-30-22-13-14-23(31-16-19-5-2-1-3-6-19)21(15-22)8-4-7-18-9-11-20(12-10-18)25(28)29/h1-3,5-6,9-15H,4,7-8,16-17H2,(H2,26,27)(H,28,29). The lowest BCUT2D eigenvalue weighted by Crippen LogP contribution is -2.20. The number of amides is 1. The van der Waals surface area contributed by atoms with Crippen LogP contribution in [-0.4, -0.2) is 23.6 Å². The molecule has 6 heteroatoms. The quantitative estimate of drug-likeness (QED) is 0.489. The van der Waals surface area contributed by atoms with E-state index in [2.05, 4.69) is 0 Å². The number of primary amides is 1. The van der Waals surface area contributed by atoms with Gasteiger partial charge in [-0.05, 0) is 66.3 Å². The van der Waals surface area contributed by atoms with Crippen LogP contribution < -0.4 is 15.2 Å². The Kier molecular flexibility index (Phi) is 7.65. The molecule has 6 nitrogen and oxygen atoms in total. The number of carbonyl (C=O) groups is 2. The second kappa shape index (κ2) is 10.8. The van der Waals surface area contributed by atoms with Crippen LogP contribution in [0.3, 0.4) is 0 Å². The summed E-state index contributed by atoms with van der Waals surface area (Å²) in [6.45, 7) is 0.269. The number of nitrogens with two attached hydrogens (primary N) is 1. The van der Waals surface area contributed by atoms with Gasteiger partial charge in [0.25, 0.3) is 5.91 Å². The Balaban J connectivity index is 1.67. The Labute approximate surface area is 181 Å². The number of benzene rings is 3. The first kappa shape index (κ1) is 21.9. The van der Waals surface area contributed by atoms with E-state index in [0.717, 1.165) is 41.7 Å². The van der Waals surface area contributed by atoms with Crippen molar-refractivity contribution < 1.29 is 24.2 Å². The highest BCUT2D eigenvalue weighted by Crippen LogP contribution is 2.27. The minimum atomic E-state index is -0.931. The average molecular weight is 419 g/mol. The fraction of sp³-hybridized carbons (Fsp3) is 0.200. The lowest BCUT2D eigenvalue weighted by molar-refractivity contribution is -0.119. The Morgan fingerprint density at radius 2 is 1.58 bits per heavy atom. The number of ether oxygens (including phenoxy) is 2. The van der Waals surface area contributed by atoms with E-state index in [1.54, 1.807) is 18.2 Å². The van der Waals surface area contributed by atoms with Crippen molar-refractivity contribution in [1.82, 2.24) is 0 Å². The molecular formula is C25H25NO5. The summed E-state index contributed by atoms with van der Waals surface area (Å²) >= 11 is 0. The molecular weight excluding hydrogens is 394 g/mol. The molecule has 31 heavy (non-hydrogen) atoms. The van der Waals surface area contributed by atoms with Crippen LogP contribution in [0, 0.1) is 0 Å². The van der Waals surface area contributed by atoms with Crippen LogP contribution in [-0.2, 0) is 24.2 Å². The SMILES string of the molecule is NC(=O)COc1ccc(OCc2ccccc2)c(CCCc2ccc(C(=O)O)cc2)c1. The summed E-state index contributed by atoms with van der Waals surface area (Å²) < 4.78 is 11.5. The molecule has 0 heterocycles. The Hall–Kier alpha value is -3.80. The zero-order valence-electron chi connectivity index (χ0n) is 17.1. The molecule has 0 bridgehead atoms. The summed E-state index contributed by atoms with van der Waals surface area (Å²) in [4.78, 5) is 22.0. The van der Waals surface area contributed by atoms with Crippen molar-refractivity contribution in [3.8, 4) is 11.5 Å². The van der Waals surface area contributed by atoms with Crippen LogP contribution in [0.25, 0.3) is 0 Å². The molecule has 3 aromatic carbocycles. The van der Waals surface area contributed by atoms with Crippen molar-refractivity contribution in [1.29, 1.82) is 0 Å². The highest BCUT2D eigenvalue weighted by Gasteiger charge is 2.09. The summed E-state index contributed by atoms with van der Waals surface area (Å²) in [5.74, 6) is -0.140. The second-order valence-corrected chi connectivity index (χ2v) is 7.15. The van der Waals surface area contributed by atoms with Gasteiger partial charge in [-0.25, -0.2) is 4.79 Å². The van der Waals surface area contributed by atoms with Crippen LogP contribution in [0.2, 0.25) is 0 Å². The molecule has 0 aliphatic heterocycles. The van der Waals surface area contributed by atoms with Gasteiger partial charge in [-0.15, -0.1) is 0 Å². The van der Waals surface area contributed by atoms with Crippen LogP contribution in [0.1, 0.15) is 33.5 Å². The molecule has 0 saturated carbocycles. The maximum atomic E-state index is 11.0. The predicted octanol–water partition coefficient (Wildman–Crippen LogP) is 4.00. The number of carbonyl (C=O) groups excluding carboxylic acids is 1. The summed E-state index contributed by atoms with van der Waals surface area (Å²) in [6.07, 6.45) is 2.37. The molecule has 160 valence electrons. The summed E-state index contributed by atoms with van der Waals surface area (Å²) in [6, 6.07) is 22.3. The molecule has 1 amide bonds. The zero-order chi connectivity index (χ0) is 22.1. The summed E-state index contributed by atoms with van der Waals surface area (Å²) in [7, 11) is 0. The van der Waals surface area contributed by atoms with Gasteiger partial charge in [0.15, 0.2) is 6.61 Å². The Morgan fingerprint density at radius 3 is 2.26 bits per heavy atom. The van der Waals surface area contributed by atoms with Crippen LogP contribution in [0.5, 0.6) is 11.5 Å². The summed E-state index contributed by atoms with van der Waals surface area (Å²) in [5.41, 5.74) is 8.56. The lowest BCUT2D eigenvalue weighted by Gasteiger charge is -2.14. The van der Waals surface area contributed by atoms with Crippen molar-refractivity contribution in [3.63, 3.8) is 0 Å². The van der Waals surface area contributed by atoms with E-state index in [0.29, 0.717) is 12.4 Å². The molecule has 3 N–H and O–H groups in total. The van der Waals surface area contributed by atoms with Gasteiger partial charge in [-0.2, -0.15) is 0 Å². The Morgan fingerprint density at radius 1 is 0.839 bits per heavy atom. The highest BCUT2D eigenvalue weighted by atomic mass is 16.5. The van der Waals surface area contributed by atoms with Crippen molar-refractivity contribution >= 4 is 11.9 Å². The molecule has 0 atom stereocenters.